The molecule has 0 unspecified atom stereocenters. The van der Waals surface area contributed by atoms with Gasteiger partial charge >= 0.3 is 5.97 Å². The molecular weight excluding hydrogens is 334 g/mol. The number of carboxylic acids is 1. The van der Waals surface area contributed by atoms with Gasteiger partial charge in [-0.25, -0.2) is 4.98 Å². The molecule has 24 heavy (non-hydrogen) atoms. The number of carbonyl (C=O) groups is 2. The lowest BCUT2D eigenvalue weighted by Crippen LogP contribution is -2.20. The molecule has 1 aromatic heterocycles. The van der Waals surface area contributed by atoms with Crippen LogP contribution in [0.5, 0.6) is 5.75 Å². The molecule has 2 aromatic rings. The summed E-state index contributed by atoms with van der Waals surface area (Å²) in [5.41, 5.74) is -0.0846. The van der Waals surface area contributed by atoms with E-state index in [9.17, 15) is 19.5 Å². The van der Waals surface area contributed by atoms with Crippen molar-refractivity contribution in [2.75, 3.05) is 11.6 Å². The number of aliphatic carboxylic acids is 1. The summed E-state index contributed by atoms with van der Waals surface area (Å²) in [5.74, 6) is -1.12. The molecular formula is C15H15N3O5S. The highest BCUT2D eigenvalue weighted by Gasteiger charge is 2.13. The number of H-pyrrole nitrogens is 1. The second-order valence-corrected chi connectivity index (χ2v) is 5.75. The predicted molar refractivity (Wildman–Crippen MR) is 89.5 cm³/mol. The molecule has 1 amide bonds. The number of aromatic nitrogens is 2. The molecule has 0 radical (unpaired) electrons. The number of aromatic amines is 1. The lowest BCUT2D eigenvalue weighted by Gasteiger charge is -2.09. The number of phenolic OH excluding ortho intramolecular Hbond substituents is 1. The van der Waals surface area contributed by atoms with Gasteiger partial charge in [0.25, 0.3) is 11.5 Å². The molecule has 0 aliphatic rings. The molecule has 4 N–H and O–H groups in total. The first-order chi connectivity index (χ1) is 11.4. The minimum Gasteiger partial charge on any atom is -0.506 e. The second kappa shape index (κ2) is 7.64. The molecule has 126 valence electrons. The smallest absolute Gasteiger partial charge is 0.307 e. The van der Waals surface area contributed by atoms with Gasteiger partial charge in [0.05, 0.1) is 17.9 Å². The molecule has 0 aliphatic carbocycles. The number of nitrogens with zero attached hydrogens (tertiary/aromatic N) is 1. The first-order valence-corrected chi connectivity index (χ1v) is 8.22. The zero-order valence-electron chi connectivity index (χ0n) is 12.7. The van der Waals surface area contributed by atoms with Crippen LogP contribution in [0.4, 0.5) is 5.69 Å². The number of rotatable bonds is 6. The maximum absolute atomic E-state index is 12.2. The van der Waals surface area contributed by atoms with Crippen LogP contribution in [0.15, 0.2) is 29.1 Å². The Hall–Kier alpha value is -2.81. The maximum atomic E-state index is 12.2. The van der Waals surface area contributed by atoms with Crippen molar-refractivity contribution in [1.29, 1.82) is 0 Å². The number of thioether (sulfide) groups is 1. The van der Waals surface area contributed by atoms with Crippen LogP contribution in [0.2, 0.25) is 0 Å². The molecule has 0 saturated carbocycles. The van der Waals surface area contributed by atoms with E-state index in [1.807, 2.05) is 6.26 Å². The Morgan fingerprint density at radius 2 is 2.08 bits per heavy atom. The molecule has 9 heteroatoms. The van der Waals surface area contributed by atoms with E-state index in [4.69, 9.17) is 5.11 Å². The first-order valence-electron chi connectivity index (χ1n) is 6.83. The lowest BCUT2D eigenvalue weighted by molar-refractivity contribution is -0.136. The van der Waals surface area contributed by atoms with Crippen LogP contribution in [0, 0.1) is 0 Å². The number of phenols is 1. The van der Waals surface area contributed by atoms with Crippen molar-refractivity contribution in [3.63, 3.8) is 0 Å². The van der Waals surface area contributed by atoms with Crippen LogP contribution in [0.1, 0.15) is 21.9 Å². The molecule has 1 heterocycles. The van der Waals surface area contributed by atoms with Crippen molar-refractivity contribution in [3.8, 4) is 5.75 Å². The quantitative estimate of drug-likeness (QED) is 0.576. The van der Waals surface area contributed by atoms with E-state index in [2.05, 4.69) is 15.3 Å². The number of anilines is 1. The van der Waals surface area contributed by atoms with Crippen molar-refractivity contribution >= 4 is 29.3 Å². The highest BCUT2D eigenvalue weighted by Crippen LogP contribution is 2.25. The number of aromatic hydroxyl groups is 1. The average molecular weight is 349 g/mol. The van der Waals surface area contributed by atoms with Gasteiger partial charge < -0.3 is 20.5 Å². The number of nitrogens with one attached hydrogen (secondary N) is 2. The van der Waals surface area contributed by atoms with E-state index in [0.717, 1.165) is 6.07 Å². The van der Waals surface area contributed by atoms with Gasteiger partial charge in [0.2, 0.25) is 0 Å². The van der Waals surface area contributed by atoms with Gasteiger partial charge in [-0.1, -0.05) is 6.07 Å². The third kappa shape index (κ3) is 4.59. The highest BCUT2D eigenvalue weighted by molar-refractivity contribution is 7.97. The third-order valence-electron chi connectivity index (χ3n) is 2.97. The number of carbonyl (C=O) groups excluding carboxylic acids is 1. The fourth-order valence-corrected chi connectivity index (χ4v) is 2.39. The monoisotopic (exact) mass is 349 g/mol. The number of hydrogen-bond acceptors (Lipinski definition) is 6. The zero-order chi connectivity index (χ0) is 17.7. The van der Waals surface area contributed by atoms with Crippen molar-refractivity contribution in [2.24, 2.45) is 0 Å². The summed E-state index contributed by atoms with van der Waals surface area (Å²) in [7, 11) is 0. The average Bonchev–Trinajstić information content (AvgIpc) is 2.50. The van der Waals surface area contributed by atoms with Gasteiger partial charge in [-0.15, -0.1) is 0 Å². The van der Waals surface area contributed by atoms with E-state index in [-0.39, 0.29) is 23.6 Å². The van der Waals surface area contributed by atoms with E-state index >= 15 is 0 Å². The number of amides is 1. The molecule has 0 spiro atoms. The molecule has 0 fully saturated rings. The van der Waals surface area contributed by atoms with Crippen LogP contribution >= 0.6 is 11.8 Å². The minimum absolute atomic E-state index is 0.0484. The highest BCUT2D eigenvalue weighted by atomic mass is 32.2. The Morgan fingerprint density at radius 3 is 2.75 bits per heavy atom. The Labute approximate surface area is 140 Å². The van der Waals surface area contributed by atoms with Crippen molar-refractivity contribution in [3.05, 3.63) is 51.7 Å². The van der Waals surface area contributed by atoms with Gasteiger partial charge in [0, 0.05) is 6.07 Å². The minimum atomic E-state index is -1.03. The lowest BCUT2D eigenvalue weighted by atomic mass is 10.1. The number of benzene rings is 1. The molecule has 0 bridgehead atoms. The summed E-state index contributed by atoms with van der Waals surface area (Å²) in [6.07, 6.45) is 1.59. The Kier molecular flexibility index (Phi) is 5.59. The van der Waals surface area contributed by atoms with E-state index in [0.29, 0.717) is 17.1 Å². The second-order valence-electron chi connectivity index (χ2n) is 4.89. The first kappa shape index (κ1) is 17.5. The zero-order valence-corrected chi connectivity index (χ0v) is 13.5. The van der Waals surface area contributed by atoms with Gasteiger partial charge in [-0.3, -0.25) is 14.4 Å². The maximum Gasteiger partial charge on any atom is 0.307 e. The Balaban J connectivity index is 2.26. The molecule has 0 atom stereocenters. The topological polar surface area (TPSA) is 132 Å². The number of hydrogen-bond donors (Lipinski definition) is 4. The van der Waals surface area contributed by atoms with Crippen LogP contribution in [0.3, 0.4) is 0 Å². The molecule has 0 saturated heterocycles. The SMILES string of the molecule is CSCc1nc(C(=O)Nc2cc(CC(=O)O)ccc2O)cc(=O)[nH]1. The Morgan fingerprint density at radius 1 is 1.33 bits per heavy atom. The van der Waals surface area contributed by atoms with Crippen LogP contribution in [-0.2, 0) is 17.0 Å². The summed E-state index contributed by atoms with van der Waals surface area (Å²) in [6.45, 7) is 0. The Bertz CT molecular complexity index is 834. The summed E-state index contributed by atoms with van der Waals surface area (Å²) >= 11 is 1.44. The van der Waals surface area contributed by atoms with Gasteiger partial charge in [0.1, 0.15) is 17.3 Å². The normalized spacial score (nSPS) is 10.4. The fourth-order valence-electron chi connectivity index (χ4n) is 1.98. The van der Waals surface area contributed by atoms with Crippen molar-refractivity contribution in [2.45, 2.75) is 12.2 Å². The van der Waals surface area contributed by atoms with E-state index in [1.54, 1.807) is 0 Å². The largest absolute Gasteiger partial charge is 0.506 e. The van der Waals surface area contributed by atoms with E-state index in [1.165, 1.54) is 30.0 Å². The van der Waals surface area contributed by atoms with Crippen LogP contribution < -0.4 is 10.9 Å². The van der Waals surface area contributed by atoms with Gasteiger partial charge in [-0.05, 0) is 24.0 Å². The van der Waals surface area contributed by atoms with Crippen molar-refractivity contribution < 1.29 is 19.8 Å². The number of carboxylic acid groups (broad SMARTS) is 1. The molecule has 0 aliphatic heterocycles. The molecule has 2 rings (SSSR count). The molecule has 8 nitrogen and oxygen atoms in total. The van der Waals surface area contributed by atoms with E-state index < -0.39 is 17.4 Å². The van der Waals surface area contributed by atoms with Gasteiger partial charge in [-0.2, -0.15) is 11.8 Å². The summed E-state index contributed by atoms with van der Waals surface area (Å²) < 4.78 is 0. The third-order valence-corrected chi connectivity index (χ3v) is 3.53. The standard InChI is InChI=1S/C15H15N3O5S/c1-24-7-12-16-10(6-13(20)18-12)15(23)17-9-4-8(5-14(21)22)2-3-11(9)19/h2-4,6,19H,5,7H2,1H3,(H,17,23)(H,21,22)(H,16,18,20). The van der Waals surface area contributed by atoms with Gasteiger partial charge in [0.15, 0.2) is 0 Å². The van der Waals surface area contributed by atoms with Crippen LogP contribution in [0.25, 0.3) is 0 Å². The summed E-state index contributed by atoms with van der Waals surface area (Å²) in [4.78, 5) is 41.2. The summed E-state index contributed by atoms with van der Waals surface area (Å²) in [5, 5.41) is 21.0. The van der Waals surface area contributed by atoms with Crippen molar-refractivity contribution in [1.82, 2.24) is 9.97 Å². The molecule has 1 aromatic carbocycles. The van der Waals surface area contributed by atoms with Crippen LogP contribution in [-0.4, -0.2) is 38.3 Å². The summed E-state index contributed by atoms with van der Waals surface area (Å²) in [6, 6.07) is 5.15. The fraction of sp³-hybridized carbons (Fsp3) is 0.200. The predicted octanol–water partition coefficient (Wildman–Crippen LogP) is 1.22.